The third kappa shape index (κ3) is 3.29. The second kappa shape index (κ2) is 5.79. The molecule has 3 N–H and O–H groups in total. The van der Waals surface area contributed by atoms with Crippen molar-refractivity contribution >= 4 is 22.9 Å². The molecule has 0 saturated heterocycles. The lowest BCUT2D eigenvalue weighted by Crippen LogP contribution is -2.12. The van der Waals surface area contributed by atoms with Crippen LogP contribution in [0.25, 0.3) is 0 Å². The summed E-state index contributed by atoms with van der Waals surface area (Å²) in [5.41, 5.74) is 7.52. The largest absolute Gasteiger partial charge is 0.389 e. The molecule has 0 fully saturated rings. The van der Waals surface area contributed by atoms with E-state index in [1.54, 1.807) is 23.0 Å². The average Bonchev–Trinajstić information content (AvgIpc) is 2.77. The number of hydrogen-bond donors (Lipinski definition) is 2. The second-order valence-electron chi connectivity index (χ2n) is 4.18. The molecule has 0 amide bonds. The Morgan fingerprint density at radius 3 is 2.84 bits per heavy atom. The number of anilines is 1. The first kappa shape index (κ1) is 13.5. The quantitative estimate of drug-likeness (QED) is 0.820. The summed E-state index contributed by atoms with van der Waals surface area (Å²) in [6, 6.07) is 6.63. The number of nitrogens with two attached hydrogens (primary N) is 1. The fourth-order valence-electron chi connectivity index (χ4n) is 1.78. The smallest absolute Gasteiger partial charge is 0.146 e. The van der Waals surface area contributed by atoms with E-state index < -0.39 is 0 Å². The molecule has 0 aliphatic carbocycles. The first-order valence-electron chi connectivity index (χ1n) is 5.88. The number of aryl methyl sites for hydroxylation is 1. The van der Waals surface area contributed by atoms with Gasteiger partial charge in [-0.1, -0.05) is 12.2 Å². The van der Waals surface area contributed by atoms with Crippen LogP contribution in [0.15, 0.2) is 30.5 Å². The first-order valence-corrected chi connectivity index (χ1v) is 6.29. The Bertz CT molecular complexity index is 594. The number of benzene rings is 1. The summed E-state index contributed by atoms with van der Waals surface area (Å²) >= 11 is 4.80. The highest BCUT2D eigenvalue weighted by atomic mass is 32.1. The molecule has 0 atom stereocenters. The third-order valence-electron chi connectivity index (χ3n) is 2.87. The summed E-state index contributed by atoms with van der Waals surface area (Å²) in [6.45, 7) is 0.628. The van der Waals surface area contributed by atoms with E-state index in [2.05, 4.69) is 10.4 Å². The summed E-state index contributed by atoms with van der Waals surface area (Å²) in [7, 11) is 1.88. The Kier molecular flexibility index (Phi) is 4.11. The van der Waals surface area contributed by atoms with Crippen molar-refractivity contribution in [2.75, 3.05) is 11.9 Å². The zero-order chi connectivity index (χ0) is 13.8. The van der Waals surface area contributed by atoms with Crippen molar-refractivity contribution < 1.29 is 4.39 Å². The van der Waals surface area contributed by atoms with E-state index in [1.165, 1.54) is 6.07 Å². The highest BCUT2D eigenvalue weighted by Gasteiger charge is 2.05. The van der Waals surface area contributed by atoms with Gasteiger partial charge in [-0.25, -0.2) is 4.39 Å². The lowest BCUT2D eigenvalue weighted by Gasteiger charge is -2.09. The van der Waals surface area contributed by atoms with E-state index in [0.29, 0.717) is 17.8 Å². The van der Waals surface area contributed by atoms with Crippen molar-refractivity contribution in [3.8, 4) is 0 Å². The fourth-order valence-corrected chi connectivity index (χ4v) is 1.91. The zero-order valence-electron chi connectivity index (χ0n) is 10.6. The van der Waals surface area contributed by atoms with Crippen molar-refractivity contribution in [3.63, 3.8) is 0 Å². The zero-order valence-corrected chi connectivity index (χ0v) is 11.4. The second-order valence-corrected chi connectivity index (χ2v) is 4.62. The minimum absolute atomic E-state index is 0.195. The number of nitrogens with one attached hydrogen (secondary N) is 1. The van der Waals surface area contributed by atoms with Gasteiger partial charge in [0.1, 0.15) is 10.8 Å². The van der Waals surface area contributed by atoms with Crippen LogP contribution in [0.4, 0.5) is 10.1 Å². The molecule has 1 heterocycles. The van der Waals surface area contributed by atoms with Gasteiger partial charge in [-0.2, -0.15) is 5.10 Å². The van der Waals surface area contributed by atoms with Gasteiger partial charge in [-0.15, -0.1) is 0 Å². The van der Waals surface area contributed by atoms with E-state index >= 15 is 0 Å². The van der Waals surface area contributed by atoms with E-state index in [9.17, 15) is 4.39 Å². The minimum atomic E-state index is -0.352. The van der Waals surface area contributed by atoms with Crippen LogP contribution in [0.2, 0.25) is 0 Å². The molecule has 2 aromatic rings. The van der Waals surface area contributed by atoms with Gasteiger partial charge in [0.05, 0.1) is 5.69 Å². The van der Waals surface area contributed by atoms with Crippen LogP contribution in [0.3, 0.4) is 0 Å². The normalized spacial score (nSPS) is 10.4. The summed E-state index contributed by atoms with van der Waals surface area (Å²) in [5.74, 6) is -0.352. The van der Waals surface area contributed by atoms with Gasteiger partial charge in [-0.3, -0.25) is 4.68 Å². The molecule has 0 bridgehead atoms. The molecule has 1 aromatic carbocycles. The van der Waals surface area contributed by atoms with Gasteiger partial charge < -0.3 is 11.1 Å². The standard InChI is InChI=1S/C13H15FN4S/c1-18-10(5-7-17-18)4-6-16-12-3-2-9(13(15)19)8-11(12)14/h2-3,5,7-8,16H,4,6H2,1H3,(H2,15,19). The van der Waals surface area contributed by atoms with Crippen molar-refractivity contribution in [1.82, 2.24) is 9.78 Å². The van der Waals surface area contributed by atoms with E-state index in [4.69, 9.17) is 18.0 Å². The van der Waals surface area contributed by atoms with Gasteiger partial charge in [0.2, 0.25) is 0 Å². The lowest BCUT2D eigenvalue weighted by molar-refractivity contribution is 0.629. The minimum Gasteiger partial charge on any atom is -0.389 e. The molecule has 4 nitrogen and oxygen atoms in total. The maximum atomic E-state index is 13.8. The van der Waals surface area contributed by atoms with Crippen LogP contribution in [0.5, 0.6) is 0 Å². The Labute approximate surface area is 116 Å². The van der Waals surface area contributed by atoms with Crippen molar-refractivity contribution in [3.05, 3.63) is 47.5 Å². The van der Waals surface area contributed by atoms with Gasteiger partial charge in [0.15, 0.2) is 0 Å². The third-order valence-corrected chi connectivity index (χ3v) is 3.11. The molecular formula is C13H15FN4S. The maximum absolute atomic E-state index is 13.8. The summed E-state index contributed by atoms with van der Waals surface area (Å²) < 4.78 is 15.6. The fraction of sp³-hybridized carbons (Fsp3) is 0.231. The van der Waals surface area contributed by atoms with Crippen LogP contribution < -0.4 is 11.1 Å². The SMILES string of the molecule is Cn1nccc1CCNc1ccc(C(N)=S)cc1F. The average molecular weight is 278 g/mol. The van der Waals surface area contributed by atoms with Crippen LogP contribution >= 0.6 is 12.2 Å². The van der Waals surface area contributed by atoms with Crippen molar-refractivity contribution in [2.24, 2.45) is 12.8 Å². The Morgan fingerprint density at radius 1 is 1.47 bits per heavy atom. The summed E-state index contributed by atoms with van der Waals surface area (Å²) in [6.07, 6.45) is 2.51. The Balaban J connectivity index is 1.96. The molecule has 0 radical (unpaired) electrons. The topological polar surface area (TPSA) is 55.9 Å². The monoisotopic (exact) mass is 278 g/mol. The highest BCUT2D eigenvalue weighted by molar-refractivity contribution is 7.80. The number of hydrogen-bond acceptors (Lipinski definition) is 3. The molecule has 0 saturated carbocycles. The molecule has 6 heteroatoms. The lowest BCUT2D eigenvalue weighted by atomic mass is 10.2. The van der Waals surface area contributed by atoms with Gasteiger partial charge in [0, 0.05) is 37.5 Å². The van der Waals surface area contributed by atoms with Gasteiger partial charge in [-0.05, 0) is 24.3 Å². The summed E-state index contributed by atoms with van der Waals surface area (Å²) in [4.78, 5) is 0.195. The van der Waals surface area contributed by atoms with E-state index in [0.717, 1.165) is 12.1 Å². The number of halogens is 1. The number of thiocarbonyl (C=S) groups is 1. The van der Waals surface area contributed by atoms with Crippen molar-refractivity contribution in [2.45, 2.75) is 6.42 Å². The van der Waals surface area contributed by atoms with Gasteiger partial charge in [0.25, 0.3) is 0 Å². The molecule has 19 heavy (non-hydrogen) atoms. The number of aromatic nitrogens is 2. The molecule has 2 rings (SSSR count). The van der Waals surface area contributed by atoms with Crippen LogP contribution in [-0.4, -0.2) is 21.3 Å². The molecule has 0 aliphatic heterocycles. The molecule has 0 unspecified atom stereocenters. The molecule has 0 spiro atoms. The molecule has 0 aliphatic rings. The molecule has 100 valence electrons. The van der Waals surface area contributed by atoms with Crippen molar-refractivity contribution in [1.29, 1.82) is 0 Å². The molecular weight excluding hydrogens is 263 g/mol. The highest BCUT2D eigenvalue weighted by Crippen LogP contribution is 2.15. The number of rotatable bonds is 5. The van der Waals surface area contributed by atoms with Gasteiger partial charge >= 0.3 is 0 Å². The Morgan fingerprint density at radius 2 is 2.26 bits per heavy atom. The van der Waals surface area contributed by atoms with E-state index in [-0.39, 0.29) is 10.8 Å². The van der Waals surface area contributed by atoms with Crippen LogP contribution in [0, 0.1) is 5.82 Å². The Hall–Kier alpha value is -1.95. The number of nitrogens with zero attached hydrogens (tertiary/aromatic N) is 2. The first-order chi connectivity index (χ1) is 9.08. The van der Waals surface area contributed by atoms with E-state index in [1.807, 2.05) is 13.1 Å². The van der Waals surface area contributed by atoms with Crippen LogP contribution in [-0.2, 0) is 13.5 Å². The summed E-state index contributed by atoms with van der Waals surface area (Å²) in [5, 5.41) is 7.12. The predicted molar refractivity (Wildman–Crippen MR) is 77.7 cm³/mol. The maximum Gasteiger partial charge on any atom is 0.146 e. The molecule has 1 aromatic heterocycles. The predicted octanol–water partition coefficient (Wildman–Crippen LogP) is 1.85. The van der Waals surface area contributed by atoms with Crippen LogP contribution in [0.1, 0.15) is 11.3 Å².